The Morgan fingerprint density at radius 2 is 2.08 bits per heavy atom. The number of carbonyl (C=O) groups is 3. The second kappa shape index (κ2) is 5.99. The summed E-state index contributed by atoms with van der Waals surface area (Å²) in [5, 5.41) is 11.9. The van der Waals surface area contributed by atoms with E-state index in [1.807, 2.05) is 24.3 Å². The molecular formula is C18H20N2O5S. The number of carbonyl (C=O) groups excluding carboxylic acids is 2. The number of rotatable bonds is 3. The number of thioether (sulfide) groups is 1. The van der Waals surface area contributed by atoms with Crippen LogP contribution in [-0.4, -0.2) is 56.6 Å². The van der Waals surface area contributed by atoms with Gasteiger partial charge in [0.05, 0.1) is 6.61 Å². The van der Waals surface area contributed by atoms with Crippen molar-refractivity contribution in [3.05, 3.63) is 35.4 Å². The van der Waals surface area contributed by atoms with Gasteiger partial charge in [0.2, 0.25) is 5.91 Å². The smallest absolute Gasteiger partial charge is 0.327 e. The summed E-state index contributed by atoms with van der Waals surface area (Å²) in [6, 6.07) is 6.02. The van der Waals surface area contributed by atoms with Crippen molar-refractivity contribution in [1.29, 1.82) is 0 Å². The Hall–Kier alpha value is -2.06. The Kier molecular flexibility index (Phi) is 4.00. The van der Waals surface area contributed by atoms with Crippen molar-refractivity contribution in [2.24, 2.45) is 0 Å². The van der Waals surface area contributed by atoms with E-state index < -0.39 is 28.9 Å². The van der Waals surface area contributed by atoms with Gasteiger partial charge >= 0.3 is 5.97 Å². The fourth-order valence-corrected chi connectivity index (χ4v) is 5.61. The predicted octanol–water partition coefficient (Wildman–Crippen LogP) is 0.932. The summed E-state index contributed by atoms with van der Waals surface area (Å²) >= 11 is 1.41. The average molecular weight is 376 g/mol. The molecule has 3 heterocycles. The van der Waals surface area contributed by atoms with Gasteiger partial charge in [0.25, 0.3) is 5.91 Å². The molecule has 3 aliphatic heterocycles. The molecule has 2 saturated heterocycles. The number of amides is 2. The van der Waals surface area contributed by atoms with Gasteiger partial charge in [0.15, 0.2) is 6.10 Å². The fraction of sp³-hybridized carbons (Fsp3) is 0.500. The molecule has 2 fully saturated rings. The summed E-state index contributed by atoms with van der Waals surface area (Å²) in [6.45, 7) is 4.06. The van der Waals surface area contributed by atoms with Crippen LogP contribution in [0.1, 0.15) is 31.1 Å². The second-order valence-corrected chi connectivity index (χ2v) is 9.05. The van der Waals surface area contributed by atoms with Crippen molar-refractivity contribution in [2.75, 3.05) is 6.61 Å². The van der Waals surface area contributed by atoms with Crippen molar-refractivity contribution < 1.29 is 24.2 Å². The van der Waals surface area contributed by atoms with E-state index in [0.29, 0.717) is 6.61 Å². The van der Waals surface area contributed by atoms with Gasteiger partial charge in [-0.2, -0.15) is 0 Å². The van der Waals surface area contributed by atoms with Gasteiger partial charge in [-0.05, 0) is 31.4 Å². The number of hydrogen-bond acceptors (Lipinski definition) is 5. The van der Waals surface area contributed by atoms with E-state index in [0.717, 1.165) is 17.5 Å². The Labute approximate surface area is 155 Å². The van der Waals surface area contributed by atoms with Gasteiger partial charge in [0.1, 0.15) is 17.5 Å². The molecule has 0 spiro atoms. The van der Waals surface area contributed by atoms with Gasteiger partial charge in [-0.25, -0.2) is 4.79 Å². The quantitative estimate of drug-likeness (QED) is 0.762. The molecule has 0 aromatic heterocycles. The first kappa shape index (κ1) is 17.4. The summed E-state index contributed by atoms with van der Waals surface area (Å²) in [4.78, 5) is 38.2. The van der Waals surface area contributed by atoms with E-state index in [1.54, 1.807) is 13.8 Å². The topological polar surface area (TPSA) is 95.9 Å². The molecular weight excluding hydrogens is 356 g/mol. The Bertz CT molecular complexity index is 796. The molecule has 8 heteroatoms. The highest BCUT2D eigenvalue weighted by atomic mass is 32.2. The number of nitrogens with zero attached hydrogens (tertiary/aromatic N) is 1. The molecule has 0 bridgehead atoms. The number of benzene rings is 1. The number of hydrogen-bond donors (Lipinski definition) is 2. The zero-order valence-corrected chi connectivity index (χ0v) is 15.3. The highest BCUT2D eigenvalue weighted by Gasteiger charge is 2.64. The third-order valence-corrected chi connectivity index (χ3v) is 6.78. The van der Waals surface area contributed by atoms with Crippen LogP contribution in [0.3, 0.4) is 0 Å². The first-order chi connectivity index (χ1) is 12.3. The van der Waals surface area contributed by atoms with Gasteiger partial charge in [-0.3, -0.25) is 9.59 Å². The number of fused-ring (bicyclic) bond motifs is 2. The van der Waals surface area contributed by atoms with Crippen molar-refractivity contribution in [3.63, 3.8) is 0 Å². The van der Waals surface area contributed by atoms with E-state index in [2.05, 4.69) is 5.32 Å². The number of aliphatic carboxylic acids is 1. The maximum Gasteiger partial charge on any atom is 0.327 e. The summed E-state index contributed by atoms with van der Waals surface area (Å²) in [7, 11) is 0. The summed E-state index contributed by atoms with van der Waals surface area (Å²) in [6.07, 6.45) is 0.0137. The van der Waals surface area contributed by atoms with Gasteiger partial charge < -0.3 is 20.1 Å². The number of β-lactam (4-membered cyclic amide) rings is 1. The molecule has 2 N–H and O–H groups in total. The lowest BCUT2D eigenvalue weighted by Crippen LogP contribution is -2.71. The molecule has 1 aromatic rings. The molecule has 1 aromatic carbocycles. The zero-order chi connectivity index (χ0) is 18.6. The van der Waals surface area contributed by atoms with Crippen molar-refractivity contribution >= 4 is 29.5 Å². The minimum absolute atomic E-state index is 0.349. The van der Waals surface area contributed by atoms with Crippen LogP contribution in [0.5, 0.6) is 0 Å². The number of carboxylic acid groups (broad SMARTS) is 1. The van der Waals surface area contributed by atoms with Crippen LogP contribution in [0.2, 0.25) is 0 Å². The highest BCUT2D eigenvalue weighted by Crippen LogP contribution is 2.50. The van der Waals surface area contributed by atoms with Gasteiger partial charge in [0, 0.05) is 4.75 Å². The van der Waals surface area contributed by atoms with Gasteiger partial charge in [-0.15, -0.1) is 11.8 Å². The Morgan fingerprint density at radius 1 is 1.35 bits per heavy atom. The zero-order valence-electron chi connectivity index (χ0n) is 14.5. The monoisotopic (exact) mass is 376 g/mol. The molecule has 4 rings (SSSR count). The molecule has 0 unspecified atom stereocenters. The molecule has 0 radical (unpaired) electrons. The summed E-state index contributed by atoms with van der Waals surface area (Å²) in [5.74, 6) is -1.72. The van der Waals surface area contributed by atoms with Crippen LogP contribution in [0.4, 0.5) is 0 Å². The van der Waals surface area contributed by atoms with Crippen LogP contribution in [0, 0.1) is 0 Å². The first-order valence-electron chi connectivity index (χ1n) is 8.54. The van der Waals surface area contributed by atoms with E-state index in [1.165, 1.54) is 16.7 Å². The molecule has 138 valence electrons. The van der Waals surface area contributed by atoms with E-state index in [-0.39, 0.29) is 17.2 Å². The number of ether oxygens (including phenoxy) is 1. The molecule has 26 heavy (non-hydrogen) atoms. The predicted molar refractivity (Wildman–Crippen MR) is 94.5 cm³/mol. The van der Waals surface area contributed by atoms with Crippen LogP contribution in [0.25, 0.3) is 0 Å². The lowest BCUT2D eigenvalue weighted by Gasteiger charge is -2.44. The van der Waals surface area contributed by atoms with Crippen molar-refractivity contribution in [1.82, 2.24) is 10.2 Å². The minimum Gasteiger partial charge on any atom is -0.480 e. The van der Waals surface area contributed by atoms with Crippen LogP contribution < -0.4 is 5.32 Å². The molecule has 7 nitrogen and oxygen atoms in total. The number of carboxylic acids is 1. The summed E-state index contributed by atoms with van der Waals surface area (Å²) < 4.78 is 5.03. The normalized spacial score (nSPS) is 31.6. The van der Waals surface area contributed by atoms with E-state index in [9.17, 15) is 19.5 Å². The molecule has 0 aliphatic carbocycles. The SMILES string of the molecule is CC1(C)S[C@@H]2[C@H](NC(=O)[C@@H]3OCCc4ccccc43)C(=O)N2[C@H]1C(=O)O. The largest absolute Gasteiger partial charge is 0.480 e. The van der Waals surface area contributed by atoms with Crippen molar-refractivity contribution in [2.45, 2.75) is 48.6 Å². The van der Waals surface area contributed by atoms with E-state index >= 15 is 0 Å². The minimum atomic E-state index is -1.02. The standard InChI is InChI=1S/C18H20N2O5S/c1-18(2)13(17(23)24)20-15(22)11(16(20)26-18)19-14(21)12-10-6-4-3-5-9(10)7-8-25-12/h3-6,11-13,16H,7-8H2,1-2H3,(H,19,21)(H,23,24)/t11-,12-,13+,16-/m1/s1. The third-order valence-electron chi connectivity index (χ3n) is 5.20. The Balaban J connectivity index is 1.51. The first-order valence-corrected chi connectivity index (χ1v) is 9.42. The molecule has 3 aliphatic rings. The average Bonchev–Trinajstić information content (AvgIpc) is 2.87. The van der Waals surface area contributed by atoms with Gasteiger partial charge in [-0.1, -0.05) is 24.3 Å². The highest BCUT2D eigenvalue weighted by molar-refractivity contribution is 8.01. The van der Waals surface area contributed by atoms with Crippen LogP contribution >= 0.6 is 11.8 Å². The maximum atomic E-state index is 12.7. The van der Waals surface area contributed by atoms with Crippen LogP contribution in [0.15, 0.2) is 24.3 Å². The maximum absolute atomic E-state index is 12.7. The lowest BCUT2D eigenvalue weighted by molar-refractivity contribution is -0.162. The summed E-state index contributed by atoms with van der Waals surface area (Å²) in [5.41, 5.74) is 1.89. The molecule has 0 saturated carbocycles. The molecule has 2 amide bonds. The Morgan fingerprint density at radius 3 is 2.81 bits per heavy atom. The number of nitrogens with one attached hydrogen (secondary N) is 1. The van der Waals surface area contributed by atoms with Crippen LogP contribution in [-0.2, 0) is 25.5 Å². The molecule has 4 atom stereocenters. The fourth-order valence-electron chi connectivity index (χ4n) is 3.99. The van der Waals surface area contributed by atoms with E-state index in [4.69, 9.17) is 4.74 Å². The van der Waals surface area contributed by atoms with Crippen molar-refractivity contribution in [3.8, 4) is 0 Å². The third kappa shape index (κ3) is 2.51. The lowest BCUT2D eigenvalue weighted by atomic mass is 9.94. The second-order valence-electron chi connectivity index (χ2n) is 7.28.